The van der Waals surface area contributed by atoms with Crippen LogP contribution in [0.25, 0.3) is 5.69 Å². The molecule has 0 atom stereocenters. The molecule has 0 saturated carbocycles. The molecule has 0 amide bonds. The molecular weight excluding hydrogens is 295 g/mol. The molecule has 1 N–H and O–H groups in total. The van der Waals surface area contributed by atoms with E-state index in [4.69, 9.17) is 12.2 Å². The average molecular weight is 301 g/mol. The zero-order valence-corrected chi connectivity index (χ0v) is 10.3. The van der Waals surface area contributed by atoms with Crippen molar-refractivity contribution in [3.63, 3.8) is 0 Å². The Bertz CT molecular complexity index is 650. The van der Waals surface area contributed by atoms with Crippen molar-refractivity contribution in [1.82, 2.24) is 9.55 Å². The smallest absolute Gasteiger partial charge is 0.251 e. The van der Waals surface area contributed by atoms with Gasteiger partial charge in [-0.2, -0.15) is 0 Å². The fourth-order valence-electron chi connectivity index (χ4n) is 1.26. The quantitative estimate of drug-likeness (QED) is 0.823. The average Bonchev–Trinajstić information content (AvgIpc) is 2.22. The maximum atomic E-state index is 13.3. The van der Waals surface area contributed by atoms with Gasteiger partial charge in [0.05, 0.1) is 10.2 Å². The molecule has 0 aliphatic heterocycles. The second-order valence-corrected chi connectivity index (χ2v) is 4.32. The number of aromatic amines is 1. The van der Waals surface area contributed by atoms with Crippen LogP contribution in [-0.2, 0) is 0 Å². The van der Waals surface area contributed by atoms with Crippen LogP contribution in [0.4, 0.5) is 4.39 Å². The van der Waals surface area contributed by atoms with Gasteiger partial charge in [0.25, 0.3) is 5.56 Å². The summed E-state index contributed by atoms with van der Waals surface area (Å²) >= 11 is 8.03. The van der Waals surface area contributed by atoms with Gasteiger partial charge < -0.3 is 0 Å². The van der Waals surface area contributed by atoms with E-state index in [1.165, 1.54) is 22.9 Å². The van der Waals surface area contributed by atoms with E-state index in [2.05, 4.69) is 20.9 Å². The molecule has 82 valence electrons. The van der Waals surface area contributed by atoms with Crippen LogP contribution in [0.3, 0.4) is 0 Å². The number of hydrogen-bond acceptors (Lipinski definition) is 2. The lowest BCUT2D eigenvalue weighted by Gasteiger charge is -2.06. The molecule has 0 radical (unpaired) electrons. The Morgan fingerprint density at radius 2 is 2.12 bits per heavy atom. The third-order valence-electron chi connectivity index (χ3n) is 2.01. The van der Waals surface area contributed by atoms with E-state index in [0.29, 0.717) is 10.2 Å². The third-order valence-corrected chi connectivity index (χ3v) is 2.95. The first kappa shape index (κ1) is 11.2. The lowest BCUT2D eigenvalue weighted by molar-refractivity contribution is 0.619. The van der Waals surface area contributed by atoms with Gasteiger partial charge in [-0.15, -0.1) is 0 Å². The summed E-state index contributed by atoms with van der Waals surface area (Å²) in [6.07, 6.45) is 1.50. The largest absolute Gasteiger partial charge is 0.299 e. The van der Waals surface area contributed by atoms with E-state index in [9.17, 15) is 9.18 Å². The summed E-state index contributed by atoms with van der Waals surface area (Å²) < 4.78 is 15.4. The van der Waals surface area contributed by atoms with Gasteiger partial charge in [0.15, 0.2) is 4.77 Å². The highest BCUT2D eigenvalue weighted by Crippen LogP contribution is 2.18. The highest BCUT2D eigenvalue weighted by molar-refractivity contribution is 9.10. The summed E-state index contributed by atoms with van der Waals surface area (Å²) in [5.74, 6) is -0.384. The maximum Gasteiger partial charge on any atom is 0.251 e. The minimum atomic E-state index is -0.384. The standard InChI is InChI=1S/C10H6BrFN2OS/c11-7-2-1-6(5-8(7)12)14-4-3-9(15)13-10(14)16/h1-5H,(H,13,15,16). The number of nitrogens with zero attached hydrogens (tertiary/aromatic N) is 1. The topological polar surface area (TPSA) is 37.8 Å². The molecule has 0 unspecified atom stereocenters. The molecule has 3 nitrogen and oxygen atoms in total. The van der Waals surface area contributed by atoms with Gasteiger partial charge in [-0.25, -0.2) is 4.39 Å². The Labute approximate surface area is 104 Å². The lowest BCUT2D eigenvalue weighted by Crippen LogP contribution is -2.09. The summed E-state index contributed by atoms with van der Waals surface area (Å²) in [4.78, 5) is 13.4. The van der Waals surface area contributed by atoms with Gasteiger partial charge in [0.2, 0.25) is 0 Å². The fourth-order valence-corrected chi connectivity index (χ4v) is 1.77. The highest BCUT2D eigenvalue weighted by Gasteiger charge is 2.02. The van der Waals surface area contributed by atoms with Crippen molar-refractivity contribution in [2.75, 3.05) is 0 Å². The van der Waals surface area contributed by atoms with Gasteiger partial charge in [-0.05, 0) is 46.3 Å². The first-order valence-electron chi connectivity index (χ1n) is 4.35. The Hall–Kier alpha value is -1.27. The number of aromatic nitrogens is 2. The number of rotatable bonds is 1. The molecular formula is C10H6BrFN2OS. The number of nitrogens with one attached hydrogen (secondary N) is 1. The number of benzene rings is 1. The molecule has 0 fully saturated rings. The van der Waals surface area contributed by atoms with E-state index in [1.807, 2.05) is 0 Å². The van der Waals surface area contributed by atoms with E-state index >= 15 is 0 Å². The fraction of sp³-hybridized carbons (Fsp3) is 0. The highest BCUT2D eigenvalue weighted by atomic mass is 79.9. The van der Waals surface area contributed by atoms with Gasteiger partial charge in [-0.3, -0.25) is 14.3 Å². The third kappa shape index (κ3) is 2.12. The molecule has 1 heterocycles. The normalized spacial score (nSPS) is 10.4. The Kier molecular flexibility index (Phi) is 3.02. The lowest BCUT2D eigenvalue weighted by atomic mass is 10.3. The summed E-state index contributed by atoms with van der Waals surface area (Å²) in [6, 6.07) is 5.94. The predicted molar refractivity (Wildman–Crippen MR) is 64.9 cm³/mol. The van der Waals surface area contributed by atoms with E-state index in [1.54, 1.807) is 12.1 Å². The van der Waals surface area contributed by atoms with E-state index in [0.717, 1.165) is 0 Å². The van der Waals surface area contributed by atoms with Crippen molar-refractivity contribution >= 4 is 28.1 Å². The summed E-state index contributed by atoms with van der Waals surface area (Å²) in [5.41, 5.74) is 0.279. The van der Waals surface area contributed by atoms with Crippen LogP contribution in [0.15, 0.2) is 39.7 Å². The first-order valence-corrected chi connectivity index (χ1v) is 5.55. The molecule has 2 aromatic rings. The molecule has 0 bridgehead atoms. The molecule has 0 aliphatic carbocycles. The Morgan fingerprint density at radius 3 is 2.75 bits per heavy atom. The first-order chi connectivity index (χ1) is 7.58. The summed E-state index contributed by atoms with van der Waals surface area (Å²) in [5, 5.41) is 0. The molecule has 16 heavy (non-hydrogen) atoms. The molecule has 0 saturated heterocycles. The second kappa shape index (κ2) is 4.31. The maximum absolute atomic E-state index is 13.3. The van der Waals surface area contributed by atoms with Crippen molar-refractivity contribution in [1.29, 1.82) is 0 Å². The van der Waals surface area contributed by atoms with E-state index in [-0.39, 0.29) is 16.1 Å². The molecule has 0 spiro atoms. The van der Waals surface area contributed by atoms with Crippen LogP contribution in [0, 0.1) is 10.6 Å². The van der Waals surface area contributed by atoms with Crippen LogP contribution < -0.4 is 5.56 Å². The van der Waals surface area contributed by atoms with Crippen molar-refractivity contribution in [2.24, 2.45) is 0 Å². The van der Waals surface area contributed by atoms with Gasteiger partial charge in [0.1, 0.15) is 5.82 Å². The number of hydrogen-bond donors (Lipinski definition) is 1. The molecule has 6 heteroatoms. The number of halogens is 2. The monoisotopic (exact) mass is 300 g/mol. The van der Waals surface area contributed by atoms with Crippen LogP contribution in [0.2, 0.25) is 0 Å². The van der Waals surface area contributed by atoms with Gasteiger partial charge >= 0.3 is 0 Å². The SMILES string of the molecule is O=c1ccn(-c2ccc(Br)c(F)c2)c(=S)[nH]1. The molecule has 1 aromatic carbocycles. The minimum Gasteiger partial charge on any atom is -0.299 e. The molecule has 0 aliphatic rings. The van der Waals surface area contributed by atoms with Gasteiger partial charge in [-0.1, -0.05) is 0 Å². The van der Waals surface area contributed by atoms with Crippen molar-refractivity contribution in [2.45, 2.75) is 0 Å². The predicted octanol–water partition coefficient (Wildman–Crippen LogP) is 2.80. The van der Waals surface area contributed by atoms with Gasteiger partial charge in [0, 0.05) is 12.3 Å². The van der Waals surface area contributed by atoms with Crippen LogP contribution >= 0.6 is 28.1 Å². The second-order valence-electron chi connectivity index (χ2n) is 3.08. The van der Waals surface area contributed by atoms with Crippen LogP contribution in [-0.4, -0.2) is 9.55 Å². The number of H-pyrrole nitrogens is 1. The summed E-state index contributed by atoms with van der Waals surface area (Å²) in [7, 11) is 0. The Morgan fingerprint density at radius 1 is 1.38 bits per heavy atom. The summed E-state index contributed by atoms with van der Waals surface area (Å²) in [6.45, 7) is 0. The molecule has 1 aromatic heterocycles. The Balaban J connectivity index is 2.63. The van der Waals surface area contributed by atoms with E-state index < -0.39 is 0 Å². The zero-order chi connectivity index (χ0) is 11.7. The van der Waals surface area contributed by atoms with Crippen molar-refractivity contribution in [3.05, 3.63) is 55.9 Å². The van der Waals surface area contributed by atoms with Crippen LogP contribution in [0.1, 0.15) is 0 Å². The minimum absolute atomic E-state index is 0.231. The molecule has 2 rings (SSSR count). The van der Waals surface area contributed by atoms with Crippen molar-refractivity contribution < 1.29 is 4.39 Å². The van der Waals surface area contributed by atoms with Crippen molar-refractivity contribution in [3.8, 4) is 5.69 Å². The van der Waals surface area contributed by atoms with Crippen LogP contribution in [0.5, 0.6) is 0 Å². The zero-order valence-electron chi connectivity index (χ0n) is 7.91.